The van der Waals surface area contributed by atoms with Crippen molar-refractivity contribution in [2.75, 3.05) is 0 Å². The maximum absolute atomic E-state index is 13.0. The molecule has 1 amide bonds. The summed E-state index contributed by atoms with van der Waals surface area (Å²) in [6.45, 7) is 4.12. The van der Waals surface area contributed by atoms with E-state index in [0.717, 1.165) is 12.1 Å². The number of carbonyl (C=O) groups excluding carboxylic acids is 1. The third-order valence-corrected chi connectivity index (χ3v) is 5.31. The van der Waals surface area contributed by atoms with Crippen LogP contribution in [0.25, 0.3) is 22.4 Å². The Bertz CT molecular complexity index is 1090. The van der Waals surface area contributed by atoms with Crippen molar-refractivity contribution in [1.29, 1.82) is 0 Å². The Balaban J connectivity index is 1.91. The number of halogens is 4. The molecule has 1 aliphatic heterocycles. The largest absolute Gasteiger partial charge is 0.416 e. The van der Waals surface area contributed by atoms with Gasteiger partial charge in [-0.3, -0.25) is 0 Å². The minimum atomic E-state index is -4.42. The van der Waals surface area contributed by atoms with Crippen molar-refractivity contribution < 1.29 is 18.0 Å². The molecule has 4 nitrogen and oxygen atoms in total. The molecule has 8 heteroatoms. The highest BCUT2D eigenvalue weighted by Crippen LogP contribution is 2.41. The second kappa shape index (κ2) is 6.91. The van der Waals surface area contributed by atoms with Crippen molar-refractivity contribution in [3.8, 4) is 22.4 Å². The summed E-state index contributed by atoms with van der Waals surface area (Å²) in [7, 11) is 0. The zero-order valence-corrected chi connectivity index (χ0v) is 16.4. The van der Waals surface area contributed by atoms with Gasteiger partial charge in [-0.05, 0) is 37.6 Å². The highest BCUT2D eigenvalue weighted by atomic mass is 35.5. The first-order valence-electron chi connectivity index (χ1n) is 9.04. The number of amides is 1. The van der Waals surface area contributed by atoms with Crippen LogP contribution in [0.2, 0.25) is 5.02 Å². The first kappa shape index (κ1) is 19.5. The summed E-state index contributed by atoms with van der Waals surface area (Å²) in [6, 6.07) is 11.6. The van der Waals surface area contributed by atoms with Gasteiger partial charge < -0.3 is 4.90 Å². The molecular formula is C21H17ClF3N3O. The van der Waals surface area contributed by atoms with Gasteiger partial charge in [0.25, 0.3) is 0 Å². The zero-order chi connectivity index (χ0) is 20.9. The molecule has 1 aliphatic rings. The topological polar surface area (TPSA) is 38.1 Å². The predicted octanol–water partition coefficient (Wildman–Crippen LogP) is 6.08. The Kier molecular flexibility index (Phi) is 4.65. The van der Waals surface area contributed by atoms with Crippen LogP contribution in [-0.4, -0.2) is 26.8 Å². The lowest BCUT2D eigenvalue weighted by Gasteiger charge is -2.19. The Morgan fingerprint density at radius 1 is 1.07 bits per heavy atom. The van der Waals surface area contributed by atoms with E-state index in [0.29, 0.717) is 39.6 Å². The van der Waals surface area contributed by atoms with Gasteiger partial charge >= 0.3 is 12.2 Å². The summed E-state index contributed by atoms with van der Waals surface area (Å²) in [5, 5.41) is 4.95. The summed E-state index contributed by atoms with van der Waals surface area (Å²) in [5.41, 5.74) is 2.16. The number of rotatable bonds is 3. The van der Waals surface area contributed by atoms with Crippen molar-refractivity contribution in [2.24, 2.45) is 0 Å². The van der Waals surface area contributed by atoms with E-state index in [4.69, 9.17) is 11.6 Å². The Labute approximate surface area is 170 Å². The summed E-state index contributed by atoms with van der Waals surface area (Å²) in [4.78, 5) is 14.4. The van der Waals surface area contributed by atoms with Gasteiger partial charge in [0, 0.05) is 17.2 Å². The third kappa shape index (κ3) is 3.29. The van der Waals surface area contributed by atoms with E-state index in [1.54, 1.807) is 29.2 Å². The van der Waals surface area contributed by atoms with Crippen molar-refractivity contribution in [3.63, 3.8) is 0 Å². The van der Waals surface area contributed by atoms with Gasteiger partial charge in [-0.1, -0.05) is 41.9 Å². The highest BCUT2D eigenvalue weighted by Gasteiger charge is 2.36. The molecule has 0 atom stereocenters. The fraction of sp³-hybridized carbons (Fsp3) is 0.238. The number of hydrogen-bond acceptors (Lipinski definition) is 2. The molecule has 0 aliphatic carbocycles. The molecule has 150 valence electrons. The number of benzene rings is 2. The van der Waals surface area contributed by atoms with Crippen LogP contribution in [0.15, 0.2) is 48.5 Å². The fourth-order valence-electron chi connectivity index (χ4n) is 3.48. The first-order valence-corrected chi connectivity index (χ1v) is 9.41. The van der Waals surface area contributed by atoms with Gasteiger partial charge in [-0.25, -0.2) is 4.79 Å². The molecule has 0 N–H and O–H groups in total. The van der Waals surface area contributed by atoms with E-state index in [2.05, 4.69) is 5.10 Å². The van der Waals surface area contributed by atoms with Crippen LogP contribution in [-0.2, 0) is 12.7 Å². The minimum Gasteiger partial charge on any atom is -0.314 e. The van der Waals surface area contributed by atoms with Gasteiger partial charge in [-0.2, -0.15) is 23.0 Å². The summed E-state index contributed by atoms with van der Waals surface area (Å²) < 4.78 is 40.3. The number of aromatic nitrogens is 2. The van der Waals surface area contributed by atoms with E-state index < -0.39 is 11.7 Å². The molecule has 29 heavy (non-hydrogen) atoms. The number of alkyl halides is 3. The van der Waals surface area contributed by atoms with Crippen LogP contribution >= 0.6 is 11.6 Å². The lowest BCUT2D eigenvalue weighted by molar-refractivity contribution is -0.137. The Morgan fingerprint density at radius 2 is 1.72 bits per heavy atom. The SMILES string of the molecule is CC(C)N1Cc2c(-c3ccc(C(F)(F)F)cc3)c(-c3ccccc3Cl)nn2C1=O. The molecule has 3 aromatic rings. The van der Waals surface area contributed by atoms with Crippen LogP contribution in [0.4, 0.5) is 18.0 Å². The average Bonchev–Trinajstić information content (AvgIpc) is 3.18. The van der Waals surface area contributed by atoms with Gasteiger partial charge in [0.1, 0.15) is 5.69 Å². The van der Waals surface area contributed by atoms with Crippen LogP contribution in [0.3, 0.4) is 0 Å². The van der Waals surface area contributed by atoms with Crippen molar-refractivity contribution >= 4 is 17.6 Å². The molecule has 0 spiro atoms. The fourth-order valence-corrected chi connectivity index (χ4v) is 3.71. The maximum Gasteiger partial charge on any atom is 0.416 e. The van der Waals surface area contributed by atoms with Crippen molar-refractivity contribution in [3.05, 3.63) is 64.8 Å². The van der Waals surface area contributed by atoms with Gasteiger partial charge in [0.15, 0.2) is 0 Å². The van der Waals surface area contributed by atoms with E-state index >= 15 is 0 Å². The Morgan fingerprint density at radius 3 is 2.31 bits per heavy atom. The van der Waals surface area contributed by atoms with Crippen molar-refractivity contribution in [1.82, 2.24) is 14.7 Å². The highest BCUT2D eigenvalue weighted by molar-refractivity contribution is 6.33. The van der Waals surface area contributed by atoms with E-state index in [9.17, 15) is 18.0 Å². The third-order valence-electron chi connectivity index (χ3n) is 4.98. The number of fused-ring (bicyclic) bond motifs is 1. The minimum absolute atomic E-state index is 0.0339. The van der Waals surface area contributed by atoms with Gasteiger partial charge in [0.2, 0.25) is 0 Å². The molecule has 1 aromatic heterocycles. The van der Waals surface area contributed by atoms with E-state index in [1.165, 1.54) is 16.8 Å². The summed E-state index contributed by atoms with van der Waals surface area (Å²) >= 11 is 6.35. The molecule has 0 bridgehead atoms. The normalized spacial score (nSPS) is 14.0. The number of hydrogen-bond donors (Lipinski definition) is 0. The van der Waals surface area contributed by atoms with Crippen molar-refractivity contribution in [2.45, 2.75) is 32.6 Å². The second-order valence-electron chi connectivity index (χ2n) is 7.14. The van der Waals surface area contributed by atoms with Gasteiger partial charge in [0.05, 0.1) is 22.8 Å². The number of carbonyl (C=O) groups is 1. The molecule has 2 aromatic carbocycles. The molecule has 2 heterocycles. The smallest absolute Gasteiger partial charge is 0.314 e. The molecule has 0 saturated carbocycles. The van der Waals surface area contributed by atoms with E-state index in [1.807, 2.05) is 13.8 Å². The molecule has 0 radical (unpaired) electrons. The second-order valence-corrected chi connectivity index (χ2v) is 7.55. The van der Waals surface area contributed by atoms with Crippen LogP contribution in [0.5, 0.6) is 0 Å². The average molecular weight is 420 g/mol. The molecular weight excluding hydrogens is 403 g/mol. The van der Waals surface area contributed by atoms with Gasteiger partial charge in [-0.15, -0.1) is 0 Å². The number of nitrogens with zero attached hydrogens (tertiary/aromatic N) is 3. The molecule has 4 rings (SSSR count). The molecule has 0 fully saturated rings. The molecule has 0 saturated heterocycles. The summed E-state index contributed by atoms with van der Waals surface area (Å²) in [6.07, 6.45) is -4.42. The van der Waals surface area contributed by atoms with Crippen LogP contribution in [0.1, 0.15) is 25.1 Å². The Hall–Kier alpha value is -2.80. The van der Waals surface area contributed by atoms with Crippen LogP contribution in [0, 0.1) is 0 Å². The summed E-state index contributed by atoms with van der Waals surface area (Å²) in [5.74, 6) is 0. The monoisotopic (exact) mass is 419 g/mol. The quantitative estimate of drug-likeness (QED) is 0.516. The zero-order valence-electron chi connectivity index (χ0n) is 15.7. The standard InChI is InChI=1S/C21H17ClF3N3O/c1-12(2)27-11-17-18(13-7-9-14(10-8-13)21(23,24)25)19(26-28(17)20(27)29)15-5-3-4-6-16(15)22/h3-10,12H,11H2,1-2H3. The first-order chi connectivity index (χ1) is 13.7. The predicted molar refractivity (Wildman–Crippen MR) is 105 cm³/mol. The van der Waals surface area contributed by atoms with Crippen LogP contribution < -0.4 is 0 Å². The maximum atomic E-state index is 13.0. The lowest BCUT2D eigenvalue weighted by Crippen LogP contribution is -2.33. The van der Waals surface area contributed by atoms with E-state index in [-0.39, 0.29) is 12.1 Å². The molecule has 0 unspecified atom stereocenters. The lowest BCUT2D eigenvalue weighted by atomic mass is 9.97.